The fourth-order valence-corrected chi connectivity index (χ4v) is 3.59. The molecule has 0 saturated carbocycles. The molecule has 148 valence electrons. The standard InChI is InChI=1S/C22H27N3O3/c1-23-22(27)25-11-5-9-19(15-25)17-7-4-8-18(13-17)21(26)24-14-16-6-3-10-20(12-16)28-2/h3-4,6-8,10,12-13,19H,5,9,11,14-15H2,1-2H3,(H,23,27)(H,24,26)/t19-/m1/s1. The van der Waals surface area contributed by atoms with Crippen LogP contribution in [0.15, 0.2) is 48.5 Å². The molecule has 1 heterocycles. The van der Waals surface area contributed by atoms with Crippen LogP contribution in [-0.4, -0.2) is 44.1 Å². The predicted octanol–water partition coefficient (Wildman–Crippen LogP) is 3.14. The Bertz CT molecular complexity index is 837. The van der Waals surface area contributed by atoms with Gasteiger partial charge in [0.1, 0.15) is 5.75 Å². The zero-order valence-electron chi connectivity index (χ0n) is 16.4. The third kappa shape index (κ3) is 4.82. The summed E-state index contributed by atoms with van der Waals surface area (Å²) in [6, 6.07) is 15.3. The van der Waals surface area contributed by atoms with Gasteiger partial charge >= 0.3 is 6.03 Å². The molecule has 1 fully saturated rings. The Balaban J connectivity index is 1.65. The summed E-state index contributed by atoms with van der Waals surface area (Å²) in [5, 5.41) is 5.65. The first-order valence-electron chi connectivity index (χ1n) is 9.58. The molecule has 1 aliphatic heterocycles. The van der Waals surface area contributed by atoms with E-state index in [4.69, 9.17) is 4.74 Å². The normalized spacial score (nSPS) is 16.4. The molecule has 6 heteroatoms. The van der Waals surface area contributed by atoms with Crippen molar-refractivity contribution < 1.29 is 14.3 Å². The van der Waals surface area contributed by atoms with Crippen LogP contribution in [0.2, 0.25) is 0 Å². The number of nitrogens with zero attached hydrogens (tertiary/aromatic N) is 1. The van der Waals surface area contributed by atoms with E-state index in [0.29, 0.717) is 18.7 Å². The Hall–Kier alpha value is -3.02. The van der Waals surface area contributed by atoms with Gasteiger partial charge in [0, 0.05) is 38.2 Å². The molecule has 0 unspecified atom stereocenters. The Morgan fingerprint density at radius 1 is 1.18 bits per heavy atom. The van der Waals surface area contributed by atoms with Crippen LogP contribution in [0.1, 0.15) is 40.2 Å². The van der Waals surface area contributed by atoms with Gasteiger partial charge < -0.3 is 20.3 Å². The molecule has 1 aliphatic rings. The molecule has 2 N–H and O–H groups in total. The van der Waals surface area contributed by atoms with E-state index in [1.807, 2.05) is 53.4 Å². The number of carbonyl (C=O) groups is 2. The van der Waals surface area contributed by atoms with E-state index in [0.717, 1.165) is 36.3 Å². The van der Waals surface area contributed by atoms with Crippen LogP contribution in [0.25, 0.3) is 0 Å². The summed E-state index contributed by atoms with van der Waals surface area (Å²) in [6.07, 6.45) is 1.98. The van der Waals surface area contributed by atoms with Crippen LogP contribution < -0.4 is 15.4 Å². The monoisotopic (exact) mass is 381 g/mol. The quantitative estimate of drug-likeness (QED) is 0.836. The van der Waals surface area contributed by atoms with E-state index in [1.165, 1.54) is 0 Å². The first kappa shape index (κ1) is 19.7. The van der Waals surface area contributed by atoms with Crippen molar-refractivity contribution in [3.05, 3.63) is 65.2 Å². The van der Waals surface area contributed by atoms with Gasteiger partial charge in [-0.3, -0.25) is 4.79 Å². The fourth-order valence-electron chi connectivity index (χ4n) is 3.59. The molecule has 0 spiro atoms. The summed E-state index contributed by atoms with van der Waals surface area (Å²) in [4.78, 5) is 26.4. The molecule has 1 atom stereocenters. The fraction of sp³-hybridized carbons (Fsp3) is 0.364. The smallest absolute Gasteiger partial charge is 0.317 e. The molecule has 0 aliphatic carbocycles. The topological polar surface area (TPSA) is 70.7 Å². The van der Waals surface area contributed by atoms with Gasteiger partial charge in [-0.05, 0) is 48.2 Å². The number of piperidine rings is 1. The lowest BCUT2D eigenvalue weighted by Gasteiger charge is -2.32. The lowest BCUT2D eigenvalue weighted by Crippen LogP contribution is -2.43. The number of hydrogen-bond donors (Lipinski definition) is 2. The number of benzene rings is 2. The van der Waals surface area contributed by atoms with Crippen molar-refractivity contribution in [2.45, 2.75) is 25.3 Å². The van der Waals surface area contributed by atoms with Crippen molar-refractivity contribution in [1.29, 1.82) is 0 Å². The Morgan fingerprint density at radius 2 is 2.00 bits per heavy atom. The third-order valence-corrected chi connectivity index (χ3v) is 5.13. The van der Waals surface area contributed by atoms with Crippen LogP contribution in [-0.2, 0) is 6.54 Å². The second-order valence-electron chi connectivity index (χ2n) is 7.00. The number of hydrogen-bond acceptors (Lipinski definition) is 3. The van der Waals surface area contributed by atoms with Crippen LogP contribution in [0.5, 0.6) is 5.75 Å². The summed E-state index contributed by atoms with van der Waals surface area (Å²) in [7, 11) is 3.28. The van der Waals surface area contributed by atoms with Gasteiger partial charge in [0.2, 0.25) is 0 Å². The molecule has 2 aromatic carbocycles. The molecule has 6 nitrogen and oxygen atoms in total. The first-order valence-corrected chi connectivity index (χ1v) is 9.58. The summed E-state index contributed by atoms with van der Waals surface area (Å²) in [6.45, 7) is 1.89. The molecular formula is C22H27N3O3. The summed E-state index contributed by atoms with van der Waals surface area (Å²) >= 11 is 0. The second kappa shape index (κ2) is 9.26. The highest BCUT2D eigenvalue weighted by molar-refractivity contribution is 5.94. The summed E-state index contributed by atoms with van der Waals surface area (Å²) in [5.41, 5.74) is 2.72. The van der Waals surface area contributed by atoms with Crippen molar-refractivity contribution in [1.82, 2.24) is 15.5 Å². The number of nitrogens with one attached hydrogen (secondary N) is 2. The SMILES string of the molecule is CNC(=O)N1CCC[C@@H](c2cccc(C(=O)NCc3cccc(OC)c3)c2)C1. The lowest BCUT2D eigenvalue weighted by molar-refractivity contribution is 0.0950. The Morgan fingerprint density at radius 3 is 2.79 bits per heavy atom. The van der Waals surface area contributed by atoms with E-state index >= 15 is 0 Å². The maximum Gasteiger partial charge on any atom is 0.317 e. The molecule has 0 aromatic heterocycles. The van der Waals surface area contributed by atoms with E-state index in [-0.39, 0.29) is 17.9 Å². The molecule has 0 radical (unpaired) electrons. The van der Waals surface area contributed by atoms with Gasteiger partial charge in [0.25, 0.3) is 5.91 Å². The number of rotatable bonds is 5. The van der Waals surface area contributed by atoms with Gasteiger partial charge in [0.05, 0.1) is 7.11 Å². The molecule has 3 rings (SSSR count). The number of ether oxygens (including phenoxy) is 1. The molecule has 2 aromatic rings. The predicted molar refractivity (Wildman–Crippen MR) is 109 cm³/mol. The van der Waals surface area contributed by atoms with Crippen LogP contribution in [0.3, 0.4) is 0 Å². The highest BCUT2D eigenvalue weighted by Gasteiger charge is 2.24. The van der Waals surface area contributed by atoms with Crippen molar-refractivity contribution in [3.8, 4) is 5.75 Å². The number of urea groups is 1. The largest absolute Gasteiger partial charge is 0.497 e. The molecule has 3 amide bonds. The van der Waals surface area contributed by atoms with Crippen molar-refractivity contribution in [3.63, 3.8) is 0 Å². The van der Waals surface area contributed by atoms with Crippen LogP contribution in [0, 0.1) is 0 Å². The van der Waals surface area contributed by atoms with E-state index in [9.17, 15) is 9.59 Å². The maximum absolute atomic E-state index is 12.6. The number of methoxy groups -OCH3 is 1. The van der Waals surface area contributed by atoms with Gasteiger partial charge in [-0.1, -0.05) is 24.3 Å². The highest BCUT2D eigenvalue weighted by atomic mass is 16.5. The Labute approximate surface area is 165 Å². The zero-order chi connectivity index (χ0) is 19.9. The van der Waals surface area contributed by atoms with Crippen LogP contribution >= 0.6 is 0 Å². The Kier molecular flexibility index (Phi) is 6.53. The molecule has 28 heavy (non-hydrogen) atoms. The van der Waals surface area contributed by atoms with Gasteiger partial charge in [-0.25, -0.2) is 4.79 Å². The summed E-state index contributed by atoms with van der Waals surface area (Å²) < 4.78 is 5.22. The van der Waals surface area contributed by atoms with Gasteiger partial charge in [-0.15, -0.1) is 0 Å². The lowest BCUT2D eigenvalue weighted by atomic mass is 9.89. The van der Waals surface area contributed by atoms with Crippen LogP contribution in [0.4, 0.5) is 4.79 Å². The maximum atomic E-state index is 12.6. The number of likely N-dealkylation sites (tertiary alicyclic amines) is 1. The van der Waals surface area contributed by atoms with Gasteiger partial charge in [-0.2, -0.15) is 0 Å². The molecule has 1 saturated heterocycles. The first-order chi connectivity index (χ1) is 13.6. The average Bonchev–Trinajstić information content (AvgIpc) is 2.77. The summed E-state index contributed by atoms with van der Waals surface area (Å²) in [5.74, 6) is 0.910. The second-order valence-corrected chi connectivity index (χ2v) is 7.00. The van der Waals surface area contributed by atoms with E-state index in [1.54, 1.807) is 14.2 Å². The molecule has 0 bridgehead atoms. The zero-order valence-corrected chi connectivity index (χ0v) is 16.4. The minimum atomic E-state index is -0.108. The minimum absolute atomic E-state index is 0.0445. The number of carbonyl (C=O) groups excluding carboxylic acids is 2. The van der Waals surface area contributed by atoms with Gasteiger partial charge in [0.15, 0.2) is 0 Å². The van der Waals surface area contributed by atoms with Crippen molar-refractivity contribution >= 4 is 11.9 Å². The van der Waals surface area contributed by atoms with Crippen molar-refractivity contribution in [2.75, 3.05) is 27.2 Å². The van der Waals surface area contributed by atoms with E-state index < -0.39 is 0 Å². The molecular weight excluding hydrogens is 354 g/mol. The van der Waals surface area contributed by atoms with E-state index in [2.05, 4.69) is 10.6 Å². The average molecular weight is 381 g/mol. The minimum Gasteiger partial charge on any atom is -0.497 e. The van der Waals surface area contributed by atoms with Crippen molar-refractivity contribution in [2.24, 2.45) is 0 Å². The highest BCUT2D eigenvalue weighted by Crippen LogP contribution is 2.27. The third-order valence-electron chi connectivity index (χ3n) is 5.13. The number of amides is 3.